The van der Waals surface area contributed by atoms with E-state index in [4.69, 9.17) is 11.6 Å². The van der Waals surface area contributed by atoms with E-state index in [9.17, 15) is 0 Å². The molecule has 1 heterocycles. The highest BCUT2D eigenvalue weighted by Crippen LogP contribution is 2.33. The Bertz CT molecular complexity index is 914. The fourth-order valence-corrected chi connectivity index (χ4v) is 2.68. The highest BCUT2D eigenvalue weighted by Gasteiger charge is 2.12. The zero-order chi connectivity index (χ0) is 13.5. The van der Waals surface area contributed by atoms with Crippen LogP contribution >= 0.6 is 0 Å². The van der Waals surface area contributed by atoms with E-state index in [-0.39, 0.29) is 0 Å². The van der Waals surface area contributed by atoms with Gasteiger partial charge >= 0.3 is 0 Å². The molecule has 0 radical (unpaired) electrons. The van der Waals surface area contributed by atoms with Gasteiger partial charge in [-0.05, 0) is 34.9 Å². The molecule has 0 fully saturated rings. The van der Waals surface area contributed by atoms with E-state index in [0.717, 1.165) is 16.8 Å². The standard InChI is InChI=1S/C18H10N2/c1-19-15-6-2-5-13(10-15)17-11-14-9-8-12-4-3-7-16(20-17)18(12)14/h2-11H. The van der Waals surface area contributed by atoms with Crippen LogP contribution in [-0.4, -0.2) is 4.98 Å². The molecule has 20 heavy (non-hydrogen) atoms. The first kappa shape index (κ1) is 11.0. The molecule has 0 saturated heterocycles. The first-order chi connectivity index (χ1) is 9.85. The zero-order valence-corrected chi connectivity index (χ0v) is 10.7. The van der Waals surface area contributed by atoms with E-state index in [0.29, 0.717) is 5.69 Å². The third-order valence-corrected chi connectivity index (χ3v) is 3.61. The van der Waals surface area contributed by atoms with E-state index in [1.807, 2.05) is 36.4 Å². The molecule has 0 amide bonds. The first-order valence-electron chi connectivity index (χ1n) is 6.45. The maximum Gasteiger partial charge on any atom is 0.187 e. The lowest BCUT2D eigenvalue weighted by Crippen LogP contribution is -1.88. The maximum atomic E-state index is 7.11. The second-order valence-electron chi connectivity index (χ2n) is 4.83. The Morgan fingerprint density at radius 2 is 1.75 bits per heavy atom. The van der Waals surface area contributed by atoms with Crippen molar-refractivity contribution in [2.75, 3.05) is 0 Å². The summed E-state index contributed by atoms with van der Waals surface area (Å²) < 4.78 is 0. The number of nitrogens with zero attached hydrogens (tertiary/aromatic N) is 2. The molecule has 4 rings (SSSR count). The Morgan fingerprint density at radius 1 is 0.900 bits per heavy atom. The van der Waals surface area contributed by atoms with Crippen molar-refractivity contribution in [3.05, 3.63) is 71.1 Å². The molecule has 1 aromatic heterocycles. The van der Waals surface area contributed by atoms with E-state index in [1.165, 1.54) is 16.5 Å². The van der Waals surface area contributed by atoms with Gasteiger partial charge in [-0.2, -0.15) is 0 Å². The zero-order valence-electron chi connectivity index (χ0n) is 10.7. The molecule has 0 atom stereocenters. The van der Waals surface area contributed by atoms with Crippen LogP contribution in [0.25, 0.3) is 39.2 Å². The summed E-state index contributed by atoms with van der Waals surface area (Å²) in [6, 6.07) is 15.9. The minimum Gasteiger partial charge on any atom is -0.248 e. The number of pyridine rings is 1. The Hall–Kier alpha value is -2.92. The molecule has 2 heteroatoms. The molecule has 3 aromatic rings. The number of hydrogen-bond acceptors (Lipinski definition) is 1. The topological polar surface area (TPSA) is 17.2 Å². The van der Waals surface area contributed by atoms with Gasteiger partial charge in [-0.3, -0.25) is 0 Å². The minimum atomic E-state index is 0.644. The number of benzene rings is 2. The molecule has 0 unspecified atom stereocenters. The molecule has 1 aliphatic rings. The molecule has 0 aliphatic heterocycles. The molecule has 92 valence electrons. The fourth-order valence-electron chi connectivity index (χ4n) is 2.68. The smallest absolute Gasteiger partial charge is 0.187 e. The van der Waals surface area contributed by atoms with Crippen LogP contribution in [0.1, 0.15) is 11.1 Å². The van der Waals surface area contributed by atoms with Gasteiger partial charge < -0.3 is 0 Å². The van der Waals surface area contributed by atoms with E-state index >= 15 is 0 Å². The second-order valence-corrected chi connectivity index (χ2v) is 4.83. The summed E-state index contributed by atoms with van der Waals surface area (Å²) in [5, 5.41) is 1.22. The van der Waals surface area contributed by atoms with E-state index in [2.05, 4.69) is 29.1 Å². The number of rotatable bonds is 1. The van der Waals surface area contributed by atoms with Crippen LogP contribution in [0.2, 0.25) is 0 Å². The Balaban J connectivity index is 1.99. The monoisotopic (exact) mass is 254 g/mol. The van der Waals surface area contributed by atoms with Crippen molar-refractivity contribution in [1.29, 1.82) is 0 Å². The van der Waals surface area contributed by atoms with Crippen molar-refractivity contribution in [3.63, 3.8) is 0 Å². The molecular weight excluding hydrogens is 244 g/mol. The SMILES string of the molecule is [C-]#[N+]c1cccc(-c2cc3c4c(cccc4n2)C=C3)c1. The third-order valence-electron chi connectivity index (χ3n) is 3.61. The van der Waals surface area contributed by atoms with Crippen LogP contribution in [0.3, 0.4) is 0 Å². The summed E-state index contributed by atoms with van der Waals surface area (Å²) in [5.74, 6) is 0. The van der Waals surface area contributed by atoms with Crippen molar-refractivity contribution >= 4 is 28.7 Å². The summed E-state index contributed by atoms with van der Waals surface area (Å²) in [6.07, 6.45) is 4.25. The molecule has 2 aromatic carbocycles. The molecular formula is C18H10N2. The van der Waals surface area contributed by atoms with Crippen molar-refractivity contribution in [2.24, 2.45) is 0 Å². The predicted octanol–water partition coefficient (Wildman–Crippen LogP) is 4.94. The quantitative estimate of drug-likeness (QED) is 0.440. The van der Waals surface area contributed by atoms with Gasteiger partial charge in [-0.1, -0.05) is 42.5 Å². The lowest BCUT2D eigenvalue weighted by Gasteiger charge is -2.06. The minimum absolute atomic E-state index is 0.644. The van der Waals surface area contributed by atoms with Crippen LogP contribution in [-0.2, 0) is 0 Å². The number of aromatic nitrogens is 1. The van der Waals surface area contributed by atoms with E-state index < -0.39 is 0 Å². The van der Waals surface area contributed by atoms with Gasteiger partial charge in [0.15, 0.2) is 5.69 Å². The number of hydrogen-bond donors (Lipinski definition) is 0. The fraction of sp³-hybridized carbons (Fsp3) is 0. The highest BCUT2D eigenvalue weighted by molar-refractivity contribution is 6.04. The Labute approximate surface area is 116 Å². The lowest BCUT2D eigenvalue weighted by molar-refractivity contribution is 1.40. The van der Waals surface area contributed by atoms with Crippen LogP contribution in [0.4, 0.5) is 5.69 Å². The highest BCUT2D eigenvalue weighted by atomic mass is 14.7. The Morgan fingerprint density at radius 3 is 2.65 bits per heavy atom. The largest absolute Gasteiger partial charge is 0.248 e. The van der Waals surface area contributed by atoms with Gasteiger partial charge in [0.2, 0.25) is 0 Å². The summed E-state index contributed by atoms with van der Waals surface area (Å²) in [6.45, 7) is 7.11. The molecule has 0 N–H and O–H groups in total. The van der Waals surface area contributed by atoms with Crippen LogP contribution in [0.15, 0.2) is 48.5 Å². The molecule has 2 nitrogen and oxygen atoms in total. The van der Waals surface area contributed by atoms with Gasteiger partial charge in [0.25, 0.3) is 0 Å². The van der Waals surface area contributed by atoms with Gasteiger partial charge in [0, 0.05) is 5.39 Å². The van der Waals surface area contributed by atoms with E-state index in [1.54, 1.807) is 0 Å². The predicted molar refractivity (Wildman–Crippen MR) is 82.4 cm³/mol. The first-order valence-corrected chi connectivity index (χ1v) is 6.45. The summed E-state index contributed by atoms with van der Waals surface area (Å²) >= 11 is 0. The van der Waals surface area contributed by atoms with Crippen LogP contribution in [0, 0.1) is 6.57 Å². The molecule has 0 spiro atoms. The van der Waals surface area contributed by atoms with Gasteiger partial charge in [-0.25, -0.2) is 9.83 Å². The second kappa shape index (κ2) is 4.04. The van der Waals surface area contributed by atoms with Crippen molar-refractivity contribution < 1.29 is 0 Å². The lowest BCUT2D eigenvalue weighted by atomic mass is 10.0. The van der Waals surface area contributed by atoms with Crippen molar-refractivity contribution in [3.8, 4) is 11.3 Å². The van der Waals surface area contributed by atoms with Crippen molar-refractivity contribution in [2.45, 2.75) is 0 Å². The van der Waals surface area contributed by atoms with Gasteiger partial charge in [0.05, 0.1) is 17.8 Å². The maximum absolute atomic E-state index is 7.11. The van der Waals surface area contributed by atoms with Crippen molar-refractivity contribution in [1.82, 2.24) is 4.98 Å². The normalized spacial score (nSPS) is 11.8. The molecule has 0 bridgehead atoms. The summed E-state index contributed by atoms with van der Waals surface area (Å²) in [4.78, 5) is 8.22. The van der Waals surface area contributed by atoms with Gasteiger partial charge in [0.1, 0.15) is 0 Å². The average molecular weight is 254 g/mol. The Kier molecular flexibility index (Phi) is 2.21. The summed E-state index contributed by atoms with van der Waals surface area (Å²) in [7, 11) is 0. The molecule has 0 saturated carbocycles. The molecule has 1 aliphatic carbocycles. The van der Waals surface area contributed by atoms with Gasteiger partial charge in [-0.15, -0.1) is 0 Å². The van der Waals surface area contributed by atoms with Crippen LogP contribution < -0.4 is 0 Å². The third kappa shape index (κ3) is 1.54. The van der Waals surface area contributed by atoms with Crippen LogP contribution in [0.5, 0.6) is 0 Å². The summed E-state index contributed by atoms with van der Waals surface area (Å²) in [5.41, 5.74) is 5.99. The average Bonchev–Trinajstić information content (AvgIpc) is 2.92.